The summed E-state index contributed by atoms with van der Waals surface area (Å²) in [6, 6.07) is 3.28. The number of aryl methyl sites for hydroxylation is 1. The highest BCUT2D eigenvalue weighted by molar-refractivity contribution is 6.31. The van der Waals surface area contributed by atoms with Gasteiger partial charge in [-0.2, -0.15) is 5.10 Å². The number of nitro groups is 1. The predicted molar refractivity (Wildman–Crippen MR) is 64.7 cm³/mol. The SMILES string of the molecule is Cc1nn(-c2cc(F)cc([N+](=O)[O-])c2)c(C)c1Cl. The van der Waals surface area contributed by atoms with Gasteiger partial charge >= 0.3 is 0 Å². The molecule has 5 nitrogen and oxygen atoms in total. The van der Waals surface area contributed by atoms with Crippen molar-refractivity contribution in [1.29, 1.82) is 0 Å². The number of nitro benzene ring substituents is 1. The molecular formula is C11H9ClFN3O2. The van der Waals surface area contributed by atoms with E-state index in [4.69, 9.17) is 11.6 Å². The fraction of sp³-hybridized carbons (Fsp3) is 0.182. The van der Waals surface area contributed by atoms with Gasteiger partial charge in [0, 0.05) is 12.1 Å². The number of aromatic nitrogens is 2. The summed E-state index contributed by atoms with van der Waals surface area (Å²) in [5, 5.41) is 15.3. The van der Waals surface area contributed by atoms with Crippen molar-refractivity contribution < 1.29 is 9.31 Å². The first-order chi connectivity index (χ1) is 8.40. The van der Waals surface area contributed by atoms with E-state index in [1.165, 1.54) is 16.8 Å². The summed E-state index contributed by atoms with van der Waals surface area (Å²) in [5.74, 6) is -0.692. The highest BCUT2D eigenvalue weighted by Crippen LogP contribution is 2.25. The molecule has 0 amide bonds. The number of nitrogens with zero attached hydrogens (tertiary/aromatic N) is 3. The van der Waals surface area contributed by atoms with Crippen LogP contribution in [0.2, 0.25) is 5.02 Å². The van der Waals surface area contributed by atoms with Gasteiger partial charge in [-0.15, -0.1) is 0 Å². The van der Waals surface area contributed by atoms with Crippen molar-refractivity contribution in [2.24, 2.45) is 0 Å². The largest absolute Gasteiger partial charge is 0.274 e. The molecule has 94 valence electrons. The van der Waals surface area contributed by atoms with Crippen molar-refractivity contribution in [2.75, 3.05) is 0 Å². The minimum absolute atomic E-state index is 0.272. The first-order valence-corrected chi connectivity index (χ1v) is 5.45. The van der Waals surface area contributed by atoms with Crippen molar-refractivity contribution in [3.05, 3.63) is 50.5 Å². The predicted octanol–water partition coefficient (Wildman–Crippen LogP) is 3.19. The van der Waals surface area contributed by atoms with E-state index in [0.29, 0.717) is 16.4 Å². The zero-order valence-corrected chi connectivity index (χ0v) is 10.4. The molecule has 1 aromatic heterocycles. The summed E-state index contributed by atoms with van der Waals surface area (Å²) in [4.78, 5) is 10.0. The lowest BCUT2D eigenvalue weighted by molar-refractivity contribution is -0.385. The van der Waals surface area contributed by atoms with Crippen LogP contribution in [-0.4, -0.2) is 14.7 Å². The maximum atomic E-state index is 13.3. The number of hydrogen-bond acceptors (Lipinski definition) is 3. The molecule has 0 atom stereocenters. The van der Waals surface area contributed by atoms with Gasteiger partial charge in [-0.25, -0.2) is 9.07 Å². The molecule has 0 saturated heterocycles. The maximum absolute atomic E-state index is 13.3. The second-order valence-electron chi connectivity index (χ2n) is 3.82. The van der Waals surface area contributed by atoms with Crippen LogP contribution in [0.15, 0.2) is 18.2 Å². The third-order valence-electron chi connectivity index (χ3n) is 2.53. The highest BCUT2D eigenvalue weighted by Gasteiger charge is 2.15. The molecular weight excluding hydrogens is 261 g/mol. The smallest absolute Gasteiger partial charge is 0.258 e. The molecule has 0 spiro atoms. The summed E-state index contributed by atoms with van der Waals surface area (Å²) in [7, 11) is 0. The zero-order valence-electron chi connectivity index (χ0n) is 9.65. The summed E-state index contributed by atoms with van der Waals surface area (Å²) >= 11 is 5.98. The van der Waals surface area contributed by atoms with Gasteiger partial charge in [0.1, 0.15) is 5.82 Å². The Morgan fingerprint density at radius 1 is 1.39 bits per heavy atom. The van der Waals surface area contributed by atoms with Gasteiger partial charge in [0.05, 0.1) is 33.1 Å². The number of halogens is 2. The quantitative estimate of drug-likeness (QED) is 0.621. The first kappa shape index (κ1) is 12.5. The van der Waals surface area contributed by atoms with Gasteiger partial charge in [-0.1, -0.05) is 11.6 Å². The lowest BCUT2D eigenvalue weighted by atomic mass is 10.2. The van der Waals surface area contributed by atoms with Crippen LogP contribution in [0.3, 0.4) is 0 Å². The Morgan fingerprint density at radius 2 is 2.06 bits per heavy atom. The molecule has 0 saturated carbocycles. The van der Waals surface area contributed by atoms with Crippen LogP contribution in [0.1, 0.15) is 11.4 Å². The molecule has 0 bridgehead atoms. The van der Waals surface area contributed by atoms with Gasteiger partial charge in [0.2, 0.25) is 0 Å². The van der Waals surface area contributed by atoms with Crippen LogP contribution >= 0.6 is 11.6 Å². The summed E-state index contributed by atoms with van der Waals surface area (Å²) in [6.07, 6.45) is 0. The van der Waals surface area contributed by atoms with E-state index in [0.717, 1.165) is 6.07 Å². The van der Waals surface area contributed by atoms with E-state index in [9.17, 15) is 14.5 Å². The second kappa shape index (κ2) is 4.38. The third-order valence-corrected chi connectivity index (χ3v) is 3.07. The Hall–Kier alpha value is -1.95. The molecule has 2 aromatic rings. The van der Waals surface area contributed by atoms with E-state index in [1.54, 1.807) is 13.8 Å². The van der Waals surface area contributed by atoms with E-state index in [2.05, 4.69) is 5.10 Å². The van der Waals surface area contributed by atoms with Crippen molar-refractivity contribution in [2.45, 2.75) is 13.8 Å². The van der Waals surface area contributed by atoms with Crippen LogP contribution in [0, 0.1) is 29.8 Å². The summed E-state index contributed by atoms with van der Waals surface area (Å²) in [5.41, 5.74) is 1.14. The molecule has 18 heavy (non-hydrogen) atoms. The number of non-ortho nitro benzene ring substituents is 1. The average Bonchev–Trinajstić information content (AvgIpc) is 2.56. The molecule has 1 heterocycles. The van der Waals surface area contributed by atoms with Crippen molar-refractivity contribution in [1.82, 2.24) is 9.78 Å². The Labute approximate surface area is 107 Å². The van der Waals surface area contributed by atoms with E-state index in [1.807, 2.05) is 0 Å². The highest BCUT2D eigenvalue weighted by atomic mass is 35.5. The van der Waals surface area contributed by atoms with Crippen LogP contribution < -0.4 is 0 Å². The van der Waals surface area contributed by atoms with Gasteiger partial charge in [-0.05, 0) is 13.8 Å². The average molecular weight is 270 g/mol. The van der Waals surface area contributed by atoms with Crippen molar-refractivity contribution in [3.8, 4) is 5.69 Å². The van der Waals surface area contributed by atoms with Crippen LogP contribution in [0.25, 0.3) is 5.69 Å². The fourth-order valence-electron chi connectivity index (χ4n) is 1.66. The molecule has 2 rings (SSSR count). The molecule has 0 aliphatic heterocycles. The monoisotopic (exact) mass is 269 g/mol. The van der Waals surface area contributed by atoms with E-state index in [-0.39, 0.29) is 11.4 Å². The van der Waals surface area contributed by atoms with E-state index < -0.39 is 10.7 Å². The lowest BCUT2D eigenvalue weighted by Crippen LogP contribution is -2.01. The Balaban J connectivity index is 2.63. The lowest BCUT2D eigenvalue weighted by Gasteiger charge is -2.04. The van der Waals surface area contributed by atoms with Gasteiger partial charge in [-0.3, -0.25) is 10.1 Å². The standard InChI is InChI=1S/C11H9ClFN3O2/c1-6-11(12)7(2)15(14-6)9-3-8(13)4-10(5-9)16(17)18/h3-5H,1-2H3. The van der Waals surface area contributed by atoms with Gasteiger partial charge in [0.15, 0.2) is 0 Å². The Bertz CT molecular complexity index is 639. The normalized spacial score (nSPS) is 10.7. The van der Waals surface area contributed by atoms with E-state index >= 15 is 0 Å². The number of rotatable bonds is 2. The zero-order chi connectivity index (χ0) is 13.4. The Morgan fingerprint density at radius 3 is 2.56 bits per heavy atom. The molecule has 0 aliphatic carbocycles. The minimum atomic E-state index is -0.692. The number of benzene rings is 1. The molecule has 0 N–H and O–H groups in total. The molecule has 7 heteroatoms. The van der Waals surface area contributed by atoms with Crippen LogP contribution in [-0.2, 0) is 0 Å². The third kappa shape index (κ3) is 2.06. The second-order valence-corrected chi connectivity index (χ2v) is 4.20. The number of hydrogen-bond donors (Lipinski definition) is 0. The molecule has 1 aromatic carbocycles. The molecule has 0 fully saturated rings. The van der Waals surface area contributed by atoms with Crippen molar-refractivity contribution in [3.63, 3.8) is 0 Å². The fourth-order valence-corrected chi connectivity index (χ4v) is 1.78. The maximum Gasteiger partial charge on any atom is 0.274 e. The summed E-state index contributed by atoms with van der Waals surface area (Å²) in [6.45, 7) is 3.42. The Kier molecular flexibility index (Phi) is 3.04. The molecule has 0 unspecified atom stereocenters. The van der Waals surface area contributed by atoms with Gasteiger partial charge in [0.25, 0.3) is 5.69 Å². The van der Waals surface area contributed by atoms with Crippen LogP contribution in [0.5, 0.6) is 0 Å². The van der Waals surface area contributed by atoms with Crippen LogP contribution in [0.4, 0.5) is 10.1 Å². The topological polar surface area (TPSA) is 61.0 Å². The first-order valence-electron chi connectivity index (χ1n) is 5.07. The summed E-state index contributed by atoms with van der Waals surface area (Å²) < 4.78 is 14.7. The van der Waals surface area contributed by atoms with Gasteiger partial charge < -0.3 is 0 Å². The van der Waals surface area contributed by atoms with Crippen molar-refractivity contribution >= 4 is 17.3 Å². The molecule has 0 radical (unpaired) electrons. The molecule has 0 aliphatic rings. The minimum Gasteiger partial charge on any atom is -0.258 e.